The van der Waals surface area contributed by atoms with Crippen molar-refractivity contribution in [1.82, 2.24) is 10.2 Å². The molecule has 0 aliphatic carbocycles. The van der Waals surface area contributed by atoms with Gasteiger partial charge in [-0.2, -0.15) is 0 Å². The maximum absolute atomic E-state index is 12.0. The fourth-order valence-corrected chi connectivity index (χ4v) is 3.13. The van der Waals surface area contributed by atoms with Crippen LogP contribution in [-0.4, -0.2) is 36.7 Å². The summed E-state index contributed by atoms with van der Waals surface area (Å²) in [6.45, 7) is 3.20. The van der Waals surface area contributed by atoms with Crippen molar-refractivity contribution in [2.75, 3.05) is 19.6 Å². The van der Waals surface area contributed by atoms with Crippen molar-refractivity contribution >= 4 is 17.7 Å². The molecule has 1 amide bonds. The molecule has 2 saturated heterocycles. The summed E-state index contributed by atoms with van der Waals surface area (Å²) in [6.07, 6.45) is 2.08. The number of halogens is 1. The standard InChI is InChI=1S/C15H19ClN2O2/c16-13-6-2-1-4-12(13)9-18-10-14(20-15(18)19)11-5-3-7-17-8-11/h1-2,4,6,11,14,17H,3,5,7-10H2. The number of benzene rings is 1. The van der Waals surface area contributed by atoms with E-state index in [4.69, 9.17) is 16.3 Å². The zero-order chi connectivity index (χ0) is 13.9. The number of piperidine rings is 1. The highest BCUT2D eigenvalue weighted by atomic mass is 35.5. The Labute approximate surface area is 124 Å². The van der Waals surface area contributed by atoms with Gasteiger partial charge < -0.3 is 15.0 Å². The van der Waals surface area contributed by atoms with Crippen LogP contribution in [0.3, 0.4) is 0 Å². The molecule has 4 nitrogen and oxygen atoms in total. The zero-order valence-electron chi connectivity index (χ0n) is 11.3. The van der Waals surface area contributed by atoms with Gasteiger partial charge in [-0.1, -0.05) is 29.8 Å². The van der Waals surface area contributed by atoms with Crippen molar-refractivity contribution in [2.45, 2.75) is 25.5 Å². The minimum atomic E-state index is -0.222. The summed E-state index contributed by atoms with van der Waals surface area (Å²) < 4.78 is 5.53. The normalized spacial score (nSPS) is 26.6. The molecular formula is C15H19ClN2O2. The summed E-state index contributed by atoms with van der Waals surface area (Å²) in [7, 11) is 0. The maximum Gasteiger partial charge on any atom is 0.410 e. The summed E-state index contributed by atoms with van der Waals surface area (Å²) in [4.78, 5) is 13.7. The van der Waals surface area contributed by atoms with Gasteiger partial charge >= 0.3 is 6.09 Å². The van der Waals surface area contributed by atoms with Gasteiger partial charge in [0, 0.05) is 17.5 Å². The number of amides is 1. The Morgan fingerprint density at radius 1 is 1.40 bits per heavy atom. The molecule has 1 N–H and O–H groups in total. The Kier molecular flexibility index (Phi) is 4.13. The van der Waals surface area contributed by atoms with Crippen molar-refractivity contribution in [3.8, 4) is 0 Å². The first-order chi connectivity index (χ1) is 9.74. The van der Waals surface area contributed by atoms with Crippen LogP contribution in [0, 0.1) is 5.92 Å². The van der Waals surface area contributed by atoms with Crippen LogP contribution in [0.15, 0.2) is 24.3 Å². The Hall–Kier alpha value is -1.26. The minimum Gasteiger partial charge on any atom is -0.444 e. The summed E-state index contributed by atoms with van der Waals surface area (Å²) in [5, 5.41) is 4.07. The van der Waals surface area contributed by atoms with Gasteiger partial charge in [0.1, 0.15) is 6.10 Å². The van der Waals surface area contributed by atoms with Crippen LogP contribution >= 0.6 is 11.6 Å². The largest absolute Gasteiger partial charge is 0.444 e. The third-order valence-electron chi connectivity index (χ3n) is 4.09. The Bertz CT molecular complexity index is 489. The van der Waals surface area contributed by atoms with Crippen molar-refractivity contribution < 1.29 is 9.53 Å². The molecule has 2 unspecified atom stereocenters. The third-order valence-corrected chi connectivity index (χ3v) is 4.46. The number of carbonyl (C=O) groups excluding carboxylic acids is 1. The average molecular weight is 295 g/mol. The molecule has 0 spiro atoms. The molecule has 0 bridgehead atoms. The maximum atomic E-state index is 12.0. The van der Waals surface area contributed by atoms with Gasteiger partial charge in [-0.15, -0.1) is 0 Å². The molecule has 2 aliphatic heterocycles. The first-order valence-corrected chi connectivity index (χ1v) is 7.51. The number of nitrogens with one attached hydrogen (secondary N) is 1. The van der Waals surface area contributed by atoms with E-state index >= 15 is 0 Å². The van der Waals surface area contributed by atoms with E-state index in [0.717, 1.165) is 31.5 Å². The highest BCUT2D eigenvalue weighted by molar-refractivity contribution is 6.31. The van der Waals surface area contributed by atoms with Crippen LogP contribution in [-0.2, 0) is 11.3 Å². The van der Waals surface area contributed by atoms with Gasteiger partial charge in [-0.25, -0.2) is 4.79 Å². The minimum absolute atomic E-state index is 0.0118. The van der Waals surface area contributed by atoms with E-state index in [9.17, 15) is 4.79 Å². The summed E-state index contributed by atoms with van der Waals surface area (Å²) in [6, 6.07) is 7.63. The second-order valence-electron chi connectivity index (χ2n) is 5.50. The predicted octanol–water partition coefficient (Wildman–Crippen LogP) is 2.66. The first kappa shape index (κ1) is 13.7. The lowest BCUT2D eigenvalue weighted by atomic mass is 9.94. The van der Waals surface area contributed by atoms with E-state index in [1.165, 1.54) is 0 Å². The molecule has 1 aromatic carbocycles. The number of nitrogens with zero attached hydrogens (tertiary/aromatic N) is 1. The van der Waals surface area contributed by atoms with E-state index in [1.54, 1.807) is 4.90 Å². The highest BCUT2D eigenvalue weighted by Gasteiger charge is 2.37. The van der Waals surface area contributed by atoms with Gasteiger partial charge in [0.25, 0.3) is 0 Å². The average Bonchev–Trinajstić information content (AvgIpc) is 2.84. The molecular weight excluding hydrogens is 276 g/mol. The van der Waals surface area contributed by atoms with E-state index in [1.807, 2.05) is 24.3 Å². The summed E-state index contributed by atoms with van der Waals surface area (Å²) in [5.74, 6) is 0.434. The smallest absolute Gasteiger partial charge is 0.410 e. The third kappa shape index (κ3) is 2.91. The molecule has 108 valence electrons. The second-order valence-corrected chi connectivity index (χ2v) is 5.91. The lowest BCUT2D eigenvalue weighted by Crippen LogP contribution is -2.38. The van der Waals surface area contributed by atoms with E-state index < -0.39 is 0 Å². The molecule has 20 heavy (non-hydrogen) atoms. The molecule has 5 heteroatoms. The van der Waals surface area contributed by atoms with Crippen LogP contribution in [0.5, 0.6) is 0 Å². The molecule has 2 fully saturated rings. The van der Waals surface area contributed by atoms with Crippen LogP contribution in [0.4, 0.5) is 4.79 Å². The number of carbonyl (C=O) groups is 1. The monoisotopic (exact) mass is 294 g/mol. The first-order valence-electron chi connectivity index (χ1n) is 7.14. The fraction of sp³-hybridized carbons (Fsp3) is 0.533. The Balaban J connectivity index is 1.63. The molecule has 2 aliphatic rings. The fourth-order valence-electron chi connectivity index (χ4n) is 2.94. The molecule has 3 rings (SSSR count). The van der Waals surface area contributed by atoms with E-state index in [2.05, 4.69) is 5.32 Å². The molecule has 1 aromatic rings. The van der Waals surface area contributed by atoms with E-state index in [-0.39, 0.29) is 12.2 Å². The number of hydrogen-bond donors (Lipinski definition) is 1. The lowest BCUT2D eigenvalue weighted by Gasteiger charge is -2.26. The summed E-state index contributed by atoms with van der Waals surface area (Å²) >= 11 is 6.15. The zero-order valence-corrected chi connectivity index (χ0v) is 12.1. The Morgan fingerprint density at radius 3 is 3.00 bits per heavy atom. The van der Waals surface area contributed by atoms with Crippen LogP contribution < -0.4 is 5.32 Å². The quantitative estimate of drug-likeness (QED) is 0.932. The van der Waals surface area contributed by atoms with Crippen LogP contribution in [0.1, 0.15) is 18.4 Å². The van der Waals surface area contributed by atoms with Gasteiger partial charge in [0.15, 0.2) is 0 Å². The van der Waals surface area contributed by atoms with Crippen LogP contribution in [0.2, 0.25) is 5.02 Å². The van der Waals surface area contributed by atoms with Crippen molar-refractivity contribution in [2.24, 2.45) is 5.92 Å². The highest BCUT2D eigenvalue weighted by Crippen LogP contribution is 2.26. The van der Waals surface area contributed by atoms with Crippen molar-refractivity contribution in [1.29, 1.82) is 0 Å². The number of rotatable bonds is 3. The van der Waals surface area contributed by atoms with Crippen LogP contribution in [0.25, 0.3) is 0 Å². The summed E-state index contributed by atoms with van der Waals surface area (Å²) in [5.41, 5.74) is 0.966. The van der Waals surface area contributed by atoms with Crippen molar-refractivity contribution in [3.05, 3.63) is 34.9 Å². The molecule has 0 radical (unpaired) electrons. The molecule has 2 heterocycles. The van der Waals surface area contributed by atoms with Gasteiger partial charge in [-0.3, -0.25) is 0 Å². The second kappa shape index (κ2) is 6.02. The van der Waals surface area contributed by atoms with Gasteiger partial charge in [-0.05, 0) is 31.0 Å². The molecule has 0 saturated carbocycles. The topological polar surface area (TPSA) is 41.6 Å². The predicted molar refractivity (Wildman–Crippen MR) is 77.7 cm³/mol. The number of cyclic esters (lactones) is 1. The Morgan fingerprint density at radius 2 is 2.25 bits per heavy atom. The van der Waals surface area contributed by atoms with Crippen molar-refractivity contribution in [3.63, 3.8) is 0 Å². The lowest BCUT2D eigenvalue weighted by molar-refractivity contribution is 0.0926. The number of hydrogen-bond acceptors (Lipinski definition) is 3. The van der Waals surface area contributed by atoms with E-state index in [0.29, 0.717) is 24.0 Å². The van der Waals surface area contributed by atoms with Gasteiger partial charge in [0.2, 0.25) is 0 Å². The van der Waals surface area contributed by atoms with Gasteiger partial charge in [0.05, 0.1) is 13.1 Å². The number of ether oxygens (including phenoxy) is 1. The molecule has 2 atom stereocenters. The SMILES string of the molecule is O=C1OC(C2CCCNC2)CN1Cc1ccccc1Cl. The molecule has 0 aromatic heterocycles.